The lowest BCUT2D eigenvalue weighted by Crippen LogP contribution is -2.18. The molecule has 0 saturated heterocycles. The van der Waals surface area contributed by atoms with Gasteiger partial charge in [-0.05, 0) is 37.6 Å². The fourth-order valence-electron chi connectivity index (χ4n) is 2.03. The fraction of sp³-hybridized carbons (Fsp3) is 0.267. The molecule has 0 aliphatic rings. The number of hydrogen-bond acceptors (Lipinski definition) is 3. The summed E-state index contributed by atoms with van der Waals surface area (Å²) in [4.78, 5) is 6.60. The molecule has 0 spiro atoms. The molecule has 0 fully saturated rings. The van der Waals surface area contributed by atoms with Crippen molar-refractivity contribution in [3.8, 4) is 0 Å². The molecule has 3 nitrogen and oxygen atoms in total. The van der Waals surface area contributed by atoms with Gasteiger partial charge in [-0.2, -0.15) is 0 Å². The van der Waals surface area contributed by atoms with Crippen LogP contribution in [-0.2, 0) is 6.61 Å². The number of aryl methyl sites for hydroxylation is 1. The fourth-order valence-corrected chi connectivity index (χ4v) is 2.03. The summed E-state index contributed by atoms with van der Waals surface area (Å²) in [6, 6.07) is 14.0. The van der Waals surface area contributed by atoms with E-state index in [4.69, 9.17) is 5.11 Å². The van der Waals surface area contributed by atoms with Crippen LogP contribution in [-0.4, -0.2) is 16.6 Å². The van der Waals surface area contributed by atoms with Gasteiger partial charge < -0.3 is 10.0 Å². The van der Waals surface area contributed by atoms with Crippen LogP contribution in [0.25, 0.3) is 0 Å². The standard InChI is InChI=1S/C15H18N2O/c1-3-17(14-9-5-4-7-12(14)2)15-10-6-8-13(11-18)16-15/h4-10,18H,3,11H2,1-2H3. The first-order chi connectivity index (χ1) is 8.76. The van der Waals surface area contributed by atoms with E-state index in [2.05, 4.69) is 35.9 Å². The monoisotopic (exact) mass is 242 g/mol. The molecule has 18 heavy (non-hydrogen) atoms. The van der Waals surface area contributed by atoms with Crippen molar-refractivity contribution in [2.45, 2.75) is 20.5 Å². The van der Waals surface area contributed by atoms with Crippen LogP contribution < -0.4 is 4.90 Å². The Morgan fingerprint density at radius 2 is 1.89 bits per heavy atom. The summed E-state index contributed by atoms with van der Waals surface area (Å²) in [6.45, 7) is 5.00. The Balaban J connectivity index is 2.42. The van der Waals surface area contributed by atoms with E-state index >= 15 is 0 Å². The summed E-state index contributed by atoms with van der Waals surface area (Å²) >= 11 is 0. The number of pyridine rings is 1. The highest BCUT2D eigenvalue weighted by atomic mass is 16.3. The highest BCUT2D eigenvalue weighted by molar-refractivity contribution is 5.63. The molecule has 1 aromatic carbocycles. The summed E-state index contributed by atoms with van der Waals surface area (Å²) in [6.07, 6.45) is 0. The van der Waals surface area contributed by atoms with Gasteiger partial charge in [-0.15, -0.1) is 0 Å². The molecule has 1 heterocycles. The van der Waals surface area contributed by atoms with Crippen molar-refractivity contribution in [2.24, 2.45) is 0 Å². The van der Waals surface area contributed by atoms with Gasteiger partial charge >= 0.3 is 0 Å². The van der Waals surface area contributed by atoms with E-state index < -0.39 is 0 Å². The van der Waals surface area contributed by atoms with Crippen LogP contribution in [0.2, 0.25) is 0 Å². The third kappa shape index (κ3) is 2.51. The van der Waals surface area contributed by atoms with Gasteiger partial charge in [0, 0.05) is 12.2 Å². The summed E-state index contributed by atoms with van der Waals surface area (Å²) in [5.74, 6) is 0.873. The summed E-state index contributed by atoms with van der Waals surface area (Å²) in [7, 11) is 0. The minimum absolute atomic E-state index is 0.0286. The van der Waals surface area contributed by atoms with Crippen LogP contribution in [0.3, 0.4) is 0 Å². The number of nitrogens with zero attached hydrogens (tertiary/aromatic N) is 2. The Morgan fingerprint density at radius 3 is 2.56 bits per heavy atom. The molecule has 0 radical (unpaired) electrons. The zero-order valence-corrected chi connectivity index (χ0v) is 10.8. The molecule has 0 aliphatic carbocycles. The lowest BCUT2D eigenvalue weighted by Gasteiger charge is -2.24. The molecular weight excluding hydrogens is 224 g/mol. The largest absolute Gasteiger partial charge is 0.390 e. The van der Waals surface area contributed by atoms with Crippen LogP contribution in [0.1, 0.15) is 18.2 Å². The molecule has 0 amide bonds. The van der Waals surface area contributed by atoms with E-state index in [0.717, 1.165) is 18.1 Å². The molecule has 0 bridgehead atoms. The highest BCUT2D eigenvalue weighted by Crippen LogP contribution is 2.26. The van der Waals surface area contributed by atoms with Crippen molar-refractivity contribution >= 4 is 11.5 Å². The van der Waals surface area contributed by atoms with Crippen LogP contribution >= 0.6 is 0 Å². The third-order valence-electron chi connectivity index (χ3n) is 2.95. The molecule has 0 atom stereocenters. The minimum Gasteiger partial charge on any atom is -0.390 e. The number of benzene rings is 1. The molecule has 0 aliphatic heterocycles. The Morgan fingerprint density at radius 1 is 1.11 bits per heavy atom. The molecule has 2 rings (SSSR count). The number of aromatic nitrogens is 1. The third-order valence-corrected chi connectivity index (χ3v) is 2.95. The minimum atomic E-state index is -0.0286. The number of anilines is 2. The molecule has 0 saturated carbocycles. The van der Waals surface area contributed by atoms with E-state index in [1.807, 2.05) is 30.3 Å². The van der Waals surface area contributed by atoms with Crippen molar-refractivity contribution in [1.29, 1.82) is 0 Å². The SMILES string of the molecule is CCN(c1cccc(CO)n1)c1ccccc1C. The Labute approximate surface area is 108 Å². The maximum atomic E-state index is 9.16. The predicted molar refractivity (Wildman–Crippen MR) is 74.0 cm³/mol. The number of hydrogen-bond donors (Lipinski definition) is 1. The molecular formula is C15H18N2O. The van der Waals surface area contributed by atoms with Gasteiger partial charge in [0.05, 0.1) is 12.3 Å². The van der Waals surface area contributed by atoms with Crippen molar-refractivity contribution in [3.63, 3.8) is 0 Å². The van der Waals surface area contributed by atoms with Gasteiger partial charge in [-0.3, -0.25) is 0 Å². The van der Waals surface area contributed by atoms with Crippen LogP contribution in [0.5, 0.6) is 0 Å². The zero-order chi connectivity index (χ0) is 13.0. The molecule has 3 heteroatoms. The van der Waals surface area contributed by atoms with E-state index in [1.54, 1.807) is 0 Å². The lowest BCUT2D eigenvalue weighted by molar-refractivity contribution is 0.277. The molecule has 2 aromatic rings. The maximum absolute atomic E-state index is 9.16. The van der Waals surface area contributed by atoms with Crippen LogP contribution in [0.15, 0.2) is 42.5 Å². The number of rotatable bonds is 4. The van der Waals surface area contributed by atoms with Crippen molar-refractivity contribution < 1.29 is 5.11 Å². The van der Waals surface area contributed by atoms with Gasteiger partial charge in [0.1, 0.15) is 5.82 Å². The quantitative estimate of drug-likeness (QED) is 0.895. The van der Waals surface area contributed by atoms with Gasteiger partial charge in [0.2, 0.25) is 0 Å². The Hall–Kier alpha value is -1.87. The van der Waals surface area contributed by atoms with E-state index in [1.165, 1.54) is 5.56 Å². The first-order valence-corrected chi connectivity index (χ1v) is 6.16. The molecule has 0 unspecified atom stereocenters. The second-order valence-corrected chi connectivity index (χ2v) is 4.18. The average Bonchev–Trinajstić information content (AvgIpc) is 2.42. The molecule has 1 N–H and O–H groups in total. The number of aliphatic hydroxyl groups excluding tert-OH is 1. The second kappa shape index (κ2) is 5.65. The molecule has 1 aromatic heterocycles. The van der Waals surface area contributed by atoms with Gasteiger partial charge in [0.15, 0.2) is 0 Å². The summed E-state index contributed by atoms with van der Waals surface area (Å²) in [5.41, 5.74) is 3.07. The smallest absolute Gasteiger partial charge is 0.133 e. The highest BCUT2D eigenvalue weighted by Gasteiger charge is 2.10. The van der Waals surface area contributed by atoms with E-state index in [0.29, 0.717) is 5.69 Å². The zero-order valence-electron chi connectivity index (χ0n) is 10.8. The van der Waals surface area contributed by atoms with Crippen LogP contribution in [0, 0.1) is 6.92 Å². The van der Waals surface area contributed by atoms with Gasteiger partial charge in [0.25, 0.3) is 0 Å². The predicted octanol–water partition coefficient (Wildman–Crippen LogP) is 3.04. The number of aliphatic hydroxyl groups is 1. The van der Waals surface area contributed by atoms with Crippen LogP contribution in [0.4, 0.5) is 11.5 Å². The van der Waals surface area contributed by atoms with Crippen molar-refractivity contribution in [1.82, 2.24) is 4.98 Å². The Bertz CT molecular complexity index is 525. The van der Waals surface area contributed by atoms with Crippen molar-refractivity contribution in [2.75, 3.05) is 11.4 Å². The topological polar surface area (TPSA) is 36.4 Å². The number of para-hydroxylation sites is 1. The average molecular weight is 242 g/mol. The van der Waals surface area contributed by atoms with E-state index in [-0.39, 0.29) is 6.61 Å². The second-order valence-electron chi connectivity index (χ2n) is 4.18. The van der Waals surface area contributed by atoms with Gasteiger partial charge in [-0.1, -0.05) is 24.3 Å². The molecule has 94 valence electrons. The first-order valence-electron chi connectivity index (χ1n) is 6.16. The van der Waals surface area contributed by atoms with Crippen molar-refractivity contribution in [3.05, 3.63) is 53.7 Å². The summed E-state index contributed by atoms with van der Waals surface area (Å²) in [5, 5.41) is 9.16. The first kappa shape index (κ1) is 12.6. The van der Waals surface area contributed by atoms with Gasteiger partial charge in [-0.25, -0.2) is 4.98 Å². The summed E-state index contributed by atoms with van der Waals surface area (Å²) < 4.78 is 0. The normalized spacial score (nSPS) is 10.4. The Kier molecular flexibility index (Phi) is 3.95. The van der Waals surface area contributed by atoms with E-state index in [9.17, 15) is 0 Å². The lowest BCUT2D eigenvalue weighted by atomic mass is 10.2. The maximum Gasteiger partial charge on any atom is 0.133 e.